The van der Waals surface area contributed by atoms with Crippen molar-refractivity contribution >= 4 is 10.1 Å². The van der Waals surface area contributed by atoms with E-state index in [0.717, 1.165) is 13.0 Å². The molecule has 0 spiro atoms. The van der Waals surface area contributed by atoms with E-state index in [1.54, 1.807) is 0 Å². The van der Waals surface area contributed by atoms with Crippen LogP contribution in [0, 0.1) is 0 Å². The predicted octanol–water partition coefficient (Wildman–Crippen LogP) is 3.99. The molecule has 0 aromatic heterocycles. The van der Waals surface area contributed by atoms with E-state index in [1.807, 2.05) is 0 Å². The molecule has 0 bridgehead atoms. The lowest BCUT2D eigenvalue weighted by molar-refractivity contribution is -0.00587. The van der Waals surface area contributed by atoms with Crippen molar-refractivity contribution < 1.29 is 32.3 Å². The van der Waals surface area contributed by atoms with Crippen molar-refractivity contribution in [2.45, 2.75) is 90.1 Å². The first kappa shape index (κ1) is 28.8. The van der Waals surface area contributed by atoms with Gasteiger partial charge in [0.2, 0.25) is 0 Å². The minimum Gasteiger partial charge on any atom is -0.390 e. The summed E-state index contributed by atoms with van der Waals surface area (Å²) in [6, 6.07) is 0. The maximum atomic E-state index is 10.6. The van der Waals surface area contributed by atoms with E-state index in [-0.39, 0.29) is 13.2 Å². The lowest BCUT2D eigenvalue weighted by Crippen LogP contribution is -2.26. The third-order valence-corrected chi connectivity index (χ3v) is 5.41. The first-order chi connectivity index (χ1) is 14.0. The molecule has 8 heteroatoms. The van der Waals surface area contributed by atoms with Crippen molar-refractivity contribution in [2.75, 3.05) is 45.4 Å². The number of aliphatic hydroxyl groups excluding tert-OH is 1. The summed E-state index contributed by atoms with van der Waals surface area (Å²) in [6.45, 7) is 4.49. The number of hydrogen-bond donors (Lipinski definition) is 2. The fraction of sp³-hybridized carbons (Fsp3) is 1.00. The van der Waals surface area contributed by atoms with E-state index >= 15 is 0 Å². The van der Waals surface area contributed by atoms with Crippen molar-refractivity contribution in [2.24, 2.45) is 0 Å². The van der Waals surface area contributed by atoms with E-state index in [1.165, 1.54) is 70.6 Å². The van der Waals surface area contributed by atoms with E-state index < -0.39 is 22.0 Å². The summed E-state index contributed by atoms with van der Waals surface area (Å²) in [5.74, 6) is -0.721. The second kappa shape index (κ2) is 21.0. The Morgan fingerprint density at radius 1 is 0.655 bits per heavy atom. The van der Waals surface area contributed by atoms with Crippen molar-refractivity contribution in [1.29, 1.82) is 0 Å². The molecule has 0 rings (SSSR count). The molecule has 0 fully saturated rings. The molecule has 29 heavy (non-hydrogen) atoms. The number of ether oxygens (including phenoxy) is 3. The van der Waals surface area contributed by atoms with Crippen LogP contribution in [0.25, 0.3) is 0 Å². The average molecular weight is 441 g/mol. The van der Waals surface area contributed by atoms with Crippen molar-refractivity contribution in [3.63, 3.8) is 0 Å². The molecule has 0 aromatic carbocycles. The van der Waals surface area contributed by atoms with Crippen LogP contribution in [0.15, 0.2) is 0 Å². The van der Waals surface area contributed by atoms with Gasteiger partial charge in [0.1, 0.15) is 5.75 Å². The summed E-state index contributed by atoms with van der Waals surface area (Å²) in [5, 5.41) is 9.31. The smallest absolute Gasteiger partial charge is 0.267 e. The van der Waals surface area contributed by atoms with Gasteiger partial charge in [0.05, 0.1) is 39.1 Å². The largest absolute Gasteiger partial charge is 0.390 e. The lowest BCUT2D eigenvalue weighted by Gasteiger charge is -2.10. The zero-order valence-electron chi connectivity index (χ0n) is 18.4. The first-order valence-corrected chi connectivity index (χ1v) is 12.9. The van der Waals surface area contributed by atoms with Crippen LogP contribution in [-0.4, -0.2) is 69.6 Å². The summed E-state index contributed by atoms with van der Waals surface area (Å²) < 4.78 is 45.6. The van der Waals surface area contributed by atoms with E-state index in [9.17, 15) is 13.5 Å². The number of unbranched alkanes of at least 4 members (excludes halogenated alkanes) is 11. The normalized spacial score (nSPS) is 13.1. The molecule has 7 nitrogen and oxygen atoms in total. The average Bonchev–Trinajstić information content (AvgIpc) is 2.65. The molecule has 0 aliphatic carbocycles. The van der Waals surface area contributed by atoms with Gasteiger partial charge in [0, 0.05) is 6.61 Å². The van der Waals surface area contributed by atoms with Crippen LogP contribution in [0.5, 0.6) is 0 Å². The van der Waals surface area contributed by atoms with E-state index in [0.29, 0.717) is 19.8 Å². The summed E-state index contributed by atoms with van der Waals surface area (Å²) in [7, 11) is -4.18. The standard InChI is InChI=1S/C21H44O7S/c1-2-3-4-5-6-7-8-9-10-11-12-13-14-26-15-16-27-17-18-28-19-21(22)20-29(23,24)25/h21-22H,2-20H2,1H3,(H,23,24,25). The van der Waals surface area contributed by atoms with Crippen LogP contribution in [0.2, 0.25) is 0 Å². The number of rotatable bonds is 23. The van der Waals surface area contributed by atoms with Crippen molar-refractivity contribution in [3.05, 3.63) is 0 Å². The maximum Gasteiger partial charge on any atom is 0.267 e. The number of hydrogen-bond acceptors (Lipinski definition) is 6. The molecule has 176 valence electrons. The molecule has 0 aliphatic heterocycles. The van der Waals surface area contributed by atoms with Crippen molar-refractivity contribution in [1.82, 2.24) is 0 Å². The molecule has 0 aromatic rings. The molecular weight excluding hydrogens is 396 g/mol. The number of aliphatic hydroxyl groups is 1. The van der Waals surface area contributed by atoms with Gasteiger partial charge in [-0.1, -0.05) is 77.6 Å². The van der Waals surface area contributed by atoms with Gasteiger partial charge < -0.3 is 19.3 Å². The molecule has 0 saturated heterocycles. The Bertz CT molecular complexity index is 429. The minimum atomic E-state index is -4.18. The quantitative estimate of drug-likeness (QED) is 0.183. The summed E-state index contributed by atoms with van der Waals surface area (Å²) in [6.07, 6.45) is 14.7. The third kappa shape index (κ3) is 25.7. The van der Waals surface area contributed by atoms with Crippen LogP contribution in [0.4, 0.5) is 0 Å². The highest BCUT2D eigenvalue weighted by atomic mass is 32.2. The molecule has 1 unspecified atom stereocenters. The topological polar surface area (TPSA) is 102 Å². The fourth-order valence-electron chi connectivity index (χ4n) is 3.00. The Labute approximate surface area is 178 Å². The van der Waals surface area contributed by atoms with Crippen molar-refractivity contribution in [3.8, 4) is 0 Å². The summed E-state index contributed by atoms with van der Waals surface area (Å²) >= 11 is 0. The van der Waals surface area contributed by atoms with Crippen LogP contribution >= 0.6 is 0 Å². The van der Waals surface area contributed by atoms with Crippen LogP contribution < -0.4 is 0 Å². The van der Waals surface area contributed by atoms with Gasteiger partial charge in [-0.2, -0.15) is 8.42 Å². The summed E-state index contributed by atoms with van der Waals surface area (Å²) in [5.41, 5.74) is 0. The second-order valence-electron chi connectivity index (χ2n) is 7.59. The first-order valence-electron chi connectivity index (χ1n) is 11.3. The van der Waals surface area contributed by atoms with Gasteiger partial charge in [-0.3, -0.25) is 4.55 Å². The molecule has 2 N–H and O–H groups in total. The molecule has 0 radical (unpaired) electrons. The van der Waals surface area contributed by atoms with Crippen LogP contribution in [-0.2, 0) is 24.3 Å². The Kier molecular flexibility index (Phi) is 20.8. The van der Waals surface area contributed by atoms with Gasteiger partial charge in [0.15, 0.2) is 0 Å². The lowest BCUT2D eigenvalue weighted by atomic mass is 10.1. The summed E-state index contributed by atoms with van der Waals surface area (Å²) in [4.78, 5) is 0. The highest BCUT2D eigenvalue weighted by Crippen LogP contribution is 2.11. The Balaban J connectivity index is 3.12. The molecule has 0 aliphatic rings. The zero-order chi connectivity index (χ0) is 21.6. The van der Waals surface area contributed by atoms with Crippen LogP contribution in [0.3, 0.4) is 0 Å². The monoisotopic (exact) mass is 440 g/mol. The molecule has 1 atom stereocenters. The van der Waals surface area contributed by atoms with Gasteiger partial charge in [-0.15, -0.1) is 0 Å². The predicted molar refractivity (Wildman–Crippen MR) is 116 cm³/mol. The molecule has 0 saturated carbocycles. The SMILES string of the molecule is CCCCCCCCCCCCCCOCCOCCOCC(O)CS(=O)(=O)O. The Hall–Kier alpha value is -0.250. The minimum absolute atomic E-state index is 0.154. The Morgan fingerprint density at radius 2 is 1.07 bits per heavy atom. The second-order valence-corrected chi connectivity index (χ2v) is 9.09. The fourth-order valence-corrected chi connectivity index (χ4v) is 3.58. The van der Waals surface area contributed by atoms with Gasteiger partial charge in [-0.25, -0.2) is 0 Å². The highest BCUT2D eigenvalue weighted by Gasteiger charge is 2.13. The Morgan fingerprint density at radius 3 is 1.55 bits per heavy atom. The van der Waals surface area contributed by atoms with Crippen LogP contribution in [0.1, 0.15) is 84.0 Å². The van der Waals surface area contributed by atoms with E-state index in [4.69, 9.17) is 18.8 Å². The van der Waals surface area contributed by atoms with Gasteiger partial charge in [0.25, 0.3) is 10.1 Å². The van der Waals surface area contributed by atoms with E-state index in [2.05, 4.69) is 6.92 Å². The third-order valence-electron chi connectivity index (χ3n) is 4.60. The molecular formula is C21H44O7S. The van der Waals surface area contributed by atoms with Gasteiger partial charge in [-0.05, 0) is 6.42 Å². The molecule has 0 heterocycles. The zero-order valence-corrected chi connectivity index (χ0v) is 19.2. The van der Waals surface area contributed by atoms with Gasteiger partial charge >= 0.3 is 0 Å². The highest BCUT2D eigenvalue weighted by molar-refractivity contribution is 7.85. The maximum absolute atomic E-state index is 10.6. The molecule has 0 amide bonds.